The number of amides is 1. The average molecular weight is 584 g/mol. The molecule has 3 rings (SSSR count). The summed E-state index contributed by atoms with van der Waals surface area (Å²) in [6, 6.07) is 5.12. The zero-order valence-electron chi connectivity index (χ0n) is 19.7. The molecular formula is C21H22Cl2F3N5O5S. The number of fused-ring (bicyclic) bond motifs is 1. The Morgan fingerprint density at radius 1 is 1.22 bits per heavy atom. The topological polar surface area (TPSA) is 148 Å². The first-order valence-corrected chi connectivity index (χ1v) is 13.0. The van der Waals surface area contributed by atoms with Crippen molar-refractivity contribution in [3.63, 3.8) is 0 Å². The molecule has 10 nitrogen and oxygen atoms in total. The van der Waals surface area contributed by atoms with Crippen LogP contribution < -0.4 is 5.73 Å². The fraction of sp³-hybridized carbons (Fsp3) is 0.333. The van der Waals surface area contributed by atoms with Gasteiger partial charge < -0.3 is 15.7 Å². The van der Waals surface area contributed by atoms with Crippen LogP contribution in [0.15, 0.2) is 24.4 Å². The van der Waals surface area contributed by atoms with Crippen molar-refractivity contribution in [2.75, 3.05) is 25.6 Å². The first-order chi connectivity index (χ1) is 17.0. The quantitative estimate of drug-likeness (QED) is 0.449. The number of carbonyl (C=O) groups excluding carboxylic acids is 1. The second-order valence-corrected chi connectivity index (χ2v) is 10.9. The van der Waals surface area contributed by atoms with Gasteiger partial charge in [0.2, 0.25) is 5.78 Å². The molecule has 2 aromatic heterocycles. The van der Waals surface area contributed by atoms with E-state index in [0.29, 0.717) is 32.8 Å². The predicted molar refractivity (Wildman–Crippen MR) is 131 cm³/mol. The van der Waals surface area contributed by atoms with Crippen molar-refractivity contribution >= 4 is 50.7 Å². The third-order valence-corrected chi connectivity index (χ3v) is 6.39. The van der Waals surface area contributed by atoms with Crippen LogP contribution in [0.5, 0.6) is 0 Å². The van der Waals surface area contributed by atoms with Crippen LogP contribution in [0, 0.1) is 6.92 Å². The number of aliphatic carboxylic acids is 1. The molecule has 3 aromatic rings. The van der Waals surface area contributed by atoms with Gasteiger partial charge in [-0.25, -0.2) is 23.2 Å². The molecule has 0 aliphatic rings. The number of nitrogens with two attached hydrogens (primary N) is 1. The van der Waals surface area contributed by atoms with E-state index >= 15 is 0 Å². The maximum atomic E-state index is 12.8. The zero-order chi connectivity index (χ0) is 28.3. The van der Waals surface area contributed by atoms with Crippen molar-refractivity contribution in [1.82, 2.24) is 19.3 Å². The Labute approximate surface area is 219 Å². The summed E-state index contributed by atoms with van der Waals surface area (Å²) in [7, 11) is -1.67. The van der Waals surface area contributed by atoms with E-state index in [9.17, 15) is 26.4 Å². The SMILES string of the molecule is Cc1nc2nc(C(=O)N(C)CCS(C)(=O)=O)cn2c(-c2ccc(Cl)cc2Cl)c1CN.O=C(O)C(F)(F)F. The molecule has 0 bridgehead atoms. The summed E-state index contributed by atoms with van der Waals surface area (Å²) in [5.74, 6) is -2.99. The van der Waals surface area contributed by atoms with E-state index in [1.165, 1.54) is 11.9 Å². The number of hydrogen-bond donors (Lipinski definition) is 2. The minimum atomic E-state index is -5.08. The van der Waals surface area contributed by atoms with E-state index in [1.807, 2.05) is 6.92 Å². The zero-order valence-corrected chi connectivity index (χ0v) is 22.0. The molecule has 0 unspecified atom stereocenters. The Morgan fingerprint density at radius 3 is 2.30 bits per heavy atom. The molecule has 0 fully saturated rings. The molecule has 3 N–H and O–H groups in total. The van der Waals surface area contributed by atoms with Gasteiger partial charge in [0.25, 0.3) is 5.91 Å². The molecule has 0 saturated carbocycles. The van der Waals surface area contributed by atoms with Crippen molar-refractivity contribution < 1.29 is 36.3 Å². The van der Waals surface area contributed by atoms with Gasteiger partial charge in [-0.2, -0.15) is 13.2 Å². The fourth-order valence-corrected chi connectivity index (χ4v) is 4.17. The maximum Gasteiger partial charge on any atom is 0.490 e. The highest BCUT2D eigenvalue weighted by Crippen LogP contribution is 2.34. The van der Waals surface area contributed by atoms with Gasteiger partial charge in [-0.15, -0.1) is 0 Å². The Morgan fingerprint density at radius 2 is 1.81 bits per heavy atom. The monoisotopic (exact) mass is 583 g/mol. The summed E-state index contributed by atoms with van der Waals surface area (Å²) in [4.78, 5) is 31.8. The number of nitrogens with zero attached hydrogens (tertiary/aromatic N) is 4. The van der Waals surface area contributed by atoms with Crippen LogP contribution in [0.1, 0.15) is 21.7 Å². The number of benzene rings is 1. The number of sulfone groups is 1. The standard InChI is InChI=1S/C19H21Cl2N5O3S.C2HF3O2/c1-11-14(9-22)17(13-5-4-12(20)8-15(13)21)26-10-16(24-19(26)23-11)18(27)25(2)6-7-30(3,28)29;3-2(4,5)1(6)7/h4-5,8,10H,6-7,9,22H2,1-3H3;(H,6,7). The average Bonchev–Trinajstić information content (AvgIpc) is 3.19. The third kappa shape index (κ3) is 7.77. The number of imidazole rings is 1. The van der Waals surface area contributed by atoms with Crippen LogP contribution in [-0.2, 0) is 21.2 Å². The minimum absolute atomic E-state index is 0.0575. The van der Waals surface area contributed by atoms with Crippen LogP contribution in [0.4, 0.5) is 13.2 Å². The van der Waals surface area contributed by atoms with Gasteiger partial charge in [0, 0.05) is 54.4 Å². The lowest BCUT2D eigenvalue weighted by Gasteiger charge is -2.15. The van der Waals surface area contributed by atoms with Crippen molar-refractivity contribution in [2.45, 2.75) is 19.6 Å². The second-order valence-electron chi connectivity index (χ2n) is 7.81. The maximum absolute atomic E-state index is 12.8. The lowest BCUT2D eigenvalue weighted by molar-refractivity contribution is -0.192. The molecule has 2 heterocycles. The normalized spacial score (nSPS) is 11.7. The minimum Gasteiger partial charge on any atom is -0.475 e. The van der Waals surface area contributed by atoms with Crippen LogP contribution in [0.2, 0.25) is 10.0 Å². The number of aryl methyl sites for hydroxylation is 1. The number of hydrogen-bond acceptors (Lipinski definition) is 7. The van der Waals surface area contributed by atoms with E-state index in [-0.39, 0.29) is 24.5 Å². The Kier molecular flexibility index (Phi) is 9.52. The summed E-state index contributed by atoms with van der Waals surface area (Å²) in [5.41, 5.74) is 8.90. The summed E-state index contributed by atoms with van der Waals surface area (Å²) in [5, 5.41) is 8.05. The van der Waals surface area contributed by atoms with E-state index in [2.05, 4.69) is 9.97 Å². The van der Waals surface area contributed by atoms with E-state index in [4.69, 9.17) is 38.8 Å². The number of halogens is 5. The van der Waals surface area contributed by atoms with Gasteiger partial charge in [-0.3, -0.25) is 9.20 Å². The molecule has 202 valence electrons. The predicted octanol–water partition coefficient (Wildman–Crippen LogP) is 3.22. The molecule has 0 saturated heterocycles. The van der Waals surface area contributed by atoms with Gasteiger partial charge in [0.15, 0.2) is 0 Å². The molecular weight excluding hydrogens is 562 g/mol. The number of alkyl halides is 3. The summed E-state index contributed by atoms with van der Waals surface area (Å²) >= 11 is 12.5. The van der Waals surface area contributed by atoms with Crippen molar-refractivity contribution in [1.29, 1.82) is 0 Å². The molecule has 1 aromatic carbocycles. The highest BCUT2D eigenvalue weighted by molar-refractivity contribution is 7.90. The van der Waals surface area contributed by atoms with Gasteiger partial charge >= 0.3 is 12.1 Å². The Bertz CT molecular complexity index is 1440. The number of carboxylic acids is 1. The lowest BCUT2D eigenvalue weighted by atomic mass is 10.0. The summed E-state index contributed by atoms with van der Waals surface area (Å²) in [6.45, 7) is 2.07. The molecule has 37 heavy (non-hydrogen) atoms. The molecule has 0 aliphatic heterocycles. The van der Waals surface area contributed by atoms with Crippen LogP contribution in [0.25, 0.3) is 17.0 Å². The number of rotatable bonds is 6. The second kappa shape index (κ2) is 11.6. The Hall–Kier alpha value is -2.94. The summed E-state index contributed by atoms with van der Waals surface area (Å²) in [6.07, 6.45) is -2.40. The third-order valence-electron chi connectivity index (χ3n) is 4.91. The lowest BCUT2D eigenvalue weighted by Crippen LogP contribution is -2.31. The van der Waals surface area contributed by atoms with Crippen molar-refractivity contribution in [2.24, 2.45) is 5.73 Å². The molecule has 0 spiro atoms. The van der Waals surface area contributed by atoms with Gasteiger partial charge in [0.05, 0.1) is 16.5 Å². The van der Waals surface area contributed by atoms with Crippen LogP contribution in [0.3, 0.4) is 0 Å². The van der Waals surface area contributed by atoms with Crippen molar-refractivity contribution in [3.8, 4) is 11.3 Å². The molecule has 0 atom stereocenters. The van der Waals surface area contributed by atoms with Gasteiger partial charge in [-0.05, 0) is 25.1 Å². The molecule has 16 heteroatoms. The molecule has 0 radical (unpaired) electrons. The first-order valence-electron chi connectivity index (χ1n) is 10.2. The van der Waals surface area contributed by atoms with Crippen LogP contribution >= 0.6 is 23.2 Å². The van der Waals surface area contributed by atoms with Crippen LogP contribution in [-0.4, -0.2) is 76.4 Å². The smallest absolute Gasteiger partial charge is 0.475 e. The number of carboxylic acid groups (broad SMARTS) is 1. The summed E-state index contributed by atoms with van der Waals surface area (Å²) < 4.78 is 56.2. The highest BCUT2D eigenvalue weighted by atomic mass is 35.5. The first kappa shape index (κ1) is 30.3. The fourth-order valence-electron chi connectivity index (χ4n) is 3.07. The largest absolute Gasteiger partial charge is 0.490 e. The molecule has 1 amide bonds. The highest BCUT2D eigenvalue weighted by Gasteiger charge is 2.38. The van der Waals surface area contributed by atoms with Crippen molar-refractivity contribution in [3.05, 3.63) is 51.4 Å². The molecule has 0 aliphatic carbocycles. The van der Waals surface area contributed by atoms with E-state index in [1.54, 1.807) is 28.8 Å². The Balaban J connectivity index is 0.000000604. The number of aromatic nitrogens is 3. The van der Waals surface area contributed by atoms with Gasteiger partial charge in [0.1, 0.15) is 15.5 Å². The van der Waals surface area contributed by atoms with E-state index in [0.717, 1.165) is 11.8 Å². The number of carbonyl (C=O) groups is 2. The van der Waals surface area contributed by atoms with E-state index < -0.39 is 27.9 Å². The van der Waals surface area contributed by atoms with Gasteiger partial charge in [-0.1, -0.05) is 23.2 Å².